The molecule has 2 N–H and O–H groups in total. The number of halogens is 2. The molecule has 14 heteroatoms. The smallest absolute Gasteiger partial charge is 0.400 e. The minimum absolute atomic E-state index is 0.0924. The Balaban J connectivity index is 0.000000181. The quantitative estimate of drug-likeness (QED) is 0.144. The van der Waals surface area contributed by atoms with E-state index in [1.807, 2.05) is 0 Å². The number of carboxylic acid groups (broad SMARTS) is 2. The summed E-state index contributed by atoms with van der Waals surface area (Å²) in [5.74, 6) is -0.241. The van der Waals surface area contributed by atoms with Crippen molar-refractivity contribution in [3.8, 4) is 35.2 Å². The summed E-state index contributed by atoms with van der Waals surface area (Å²) in [4.78, 5) is 29.9. The van der Waals surface area contributed by atoms with Crippen molar-refractivity contribution >= 4 is 57.3 Å². The van der Waals surface area contributed by atoms with Crippen molar-refractivity contribution in [1.82, 2.24) is 9.97 Å². The first-order chi connectivity index (χ1) is 22.0. The molecule has 0 aliphatic heterocycles. The van der Waals surface area contributed by atoms with Crippen molar-refractivity contribution in [1.29, 1.82) is 0 Å². The highest BCUT2D eigenvalue weighted by Gasteiger charge is 2.14. The Bertz CT molecular complexity index is 1830. The van der Waals surface area contributed by atoms with Crippen LogP contribution in [0.2, 0.25) is 10.0 Å². The van der Waals surface area contributed by atoms with Crippen LogP contribution in [-0.2, 0) is 9.59 Å². The van der Waals surface area contributed by atoms with Gasteiger partial charge in [-0.15, -0.1) is 0 Å². The van der Waals surface area contributed by atoms with Crippen molar-refractivity contribution < 1.29 is 47.6 Å². The maximum Gasteiger partial charge on any atom is 0.400 e. The number of rotatable bonds is 10. The zero-order valence-electron chi connectivity index (χ0n) is 24.0. The van der Waals surface area contributed by atoms with E-state index < -0.39 is 24.1 Å². The summed E-state index contributed by atoms with van der Waals surface area (Å²) in [7, 11) is 0. The first-order valence-corrected chi connectivity index (χ1v) is 14.2. The van der Waals surface area contributed by atoms with Gasteiger partial charge in [-0.2, -0.15) is 9.97 Å². The number of ether oxygens (including phenoxy) is 4. The molecule has 0 bridgehead atoms. The predicted octanol–water partition coefficient (Wildman–Crippen LogP) is 8.25. The Morgan fingerprint density at radius 1 is 0.609 bits per heavy atom. The molecule has 0 saturated carbocycles. The van der Waals surface area contributed by atoms with E-state index in [1.165, 1.54) is 13.8 Å². The van der Waals surface area contributed by atoms with E-state index in [0.29, 0.717) is 55.2 Å². The van der Waals surface area contributed by atoms with Crippen LogP contribution in [0.25, 0.3) is 22.2 Å². The molecular formula is C32H24Cl2N2O10. The molecule has 0 aliphatic carbocycles. The largest absolute Gasteiger partial charge is 0.479 e. The normalized spacial score (nSPS) is 12.1. The van der Waals surface area contributed by atoms with E-state index in [-0.39, 0.29) is 12.2 Å². The standard InChI is InChI=1S/2C16H12ClNO5/c2*1-9(15(19)20)21-11-3-5-12(6-4-11)22-16-18-13-7-2-10(17)8-14(13)23-16/h2*2-9H,1H3,(H,19,20)/t9-;/m1./s1. The van der Waals surface area contributed by atoms with Crippen LogP contribution in [0.5, 0.6) is 35.2 Å². The Morgan fingerprint density at radius 3 is 1.30 bits per heavy atom. The monoisotopic (exact) mass is 666 g/mol. The minimum Gasteiger partial charge on any atom is -0.479 e. The van der Waals surface area contributed by atoms with Gasteiger partial charge in [-0.3, -0.25) is 0 Å². The summed E-state index contributed by atoms with van der Waals surface area (Å²) >= 11 is 11.8. The Hall–Kier alpha value is -5.46. The van der Waals surface area contributed by atoms with E-state index >= 15 is 0 Å². The molecule has 0 amide bonds. The fourth-order valence-electron chi connectivity index (χ4n) is 3.73. The third-order valence-electron chi connectivity index (χ3n) is 6.04. The van der Waals surface area contributed by atoms with Gasteiger partial charge in [0.25, 0.3) is 0 Å². The van der Waals surface area contributed by atoms with Crippen molar-refractivity contribution in [2.75, 3.05) is 0 Å². The highest BCUT2D eigenvalue weighted by atomic mass is 35.5. The van der Waals surface area contributed by atoms with E-state index in [4.69, 9.17) is 61.2 Å². The lowest BCUT2D eigenvalue weighted by Crippen LogP contribution is -2.22. The molecule has 2 atom stereocenters. The van der Waals surface area contributed by atoms with Gasteiger partial charge in [0.05, 0.1) is 0 Å². The van der Waals surface area contributed by atoms with E-state index in [0.717, 1.165) is 0 Å². The van der Waals surface area contributed by atoms with Crippen molar-refractivity contribution in [3.63, 3.8) is 0 Å². The molecule has 0 fully saturated rings. The molecule has 1 unspecified atom stereocenters. The number of nitrogens with zero attached hydrogens (tertiary/aromatic N) is 2. The molecule has 0 spiro atoms. The lowest BCUT2D eigenvalue weighted by atomic mass is 10.3. The van der Waals surface area contributed by atoms with Gasteiger partial charge in [0.2, 0.25) is 0 Å². The summed E-state index contributed by atoms with van der Waals surface area (Å²) in [5.41, 5.74) is 2.34. The van der Waals surface area contributed by atoms with Gasteiger partial charge in [0, 0.05) is 22.2 Å². The molecular weight excluding hydrogens is 643 g/mol. The third-order valence-corrected chi connectivity index (χ3v) is 6.51. The highest BCUT2D eigenvalue weighted by Crippen LogP contribution is 2.30. The number of hydrogen-bond donors (Lipinski definition) is 2. The number of carbonyl (C=O) groups is 2. The summed E-state index contributed by atoms with van der Waals surface area (Å²) in [5, 5.41) is 18.7. The molecule has 6 aromatic rings. The summed E-state index contributed by atoms with van der Waals surface area (Å²) < 4.78 is 32.4. The van der Waals surface area contributed by atoms with Crippen molar-refractivity contribution in [2.24, 2.45) is 0 Å². The molecule has 6 rings (SSSR count). The number of aromatic nitrogens is 2. The van der Waals surface area contributed by atoms with Crippen LogP contribution in [0.3, 0.4) is 0 Å². The fourth-order valence-corrected chi connectivity index (χ4v) is 4.05. The second-order valence-electron chi connectivity index (χ2n) is 9.53. The Labute approximate surface area is 270 Å². The number of hydrogen-bond acceptors (Lipinski definition) is 10. The van der Waals surface area contributed by atoms with Crippen LogP contribution in [-0.4, -0.2) is 44.3 Å². The van der Waals surface area contributed by atoms with Gasteiger partial charge >= 0.3 is 24.1 Å². The maximum atomic E-state index is 10.7. The molecule has 4 aromatic carbocycles. The number of carboxylic acids is 2. The molecule has 12 nitrogen and oxygen atoms in total. The summed E-state index contributed by atoms with van der Waals surface area (Å²) in [6, 6.07) is 23.1. The number of aliphatic carboxylic acids is 2. The van der Waals surface area contributed by atoms with Crippen molar-refractivity contribution in [3.05, 3.63) is 95.0 Å². The van der Waals surface area contributed by atoms with Gasteiger partial charge in [-0.25, -0.2) is 9.59 Å². The topological polar surface area (TPSA) is 164 Å². The first kappa shape index (κ1) is 31.9. The molecule has 236 valence electrons. The van der Waals surface area contributed by atoms with E-state index in [2.05, 4.69) is 9.97 Å². The number of fused-ring (bicyclic) bond motifs is 2. The lowest BCUT2D eigenvalue weighted by molar-refractivity contribution is -0.145. The third kappa shape index (κ3) is 8.37. The summed E-state index contributed by atoms with van der Waals surface area (Å²) in [6.07, 6.45) is -1.67. The van der Waals surface area contributed by atoms with E-state index in [1.54, 1.807) is 84.9 Å². The van der Waals surface area contributed by atoms with Gasteiger partial charge in [-0.1, -0.05) is 23.2 Å². The predicted molar refractivity (Wildman–Crippen MR) is 167 cm³/mol. The molecule has 0 radical (unpaired) electrons. The Morgan fingerprint density at radius 2 is 0.957 bits per heavy atom. The average Bonchev–Trinajstić information content (AvgIpc) is 3.61. The lowest BCUT2D eigenvalue weighted by Gasteiger charge is -2.10. The van der Waals surface area contributed by atoms with Crippen molar-refractivity contribution in [2.45, 2.75) is 26.1 Å². The molecule has 0 saturated heterocycles. The van der Waals surface area contributed by atoms with Crippen LogP contribution in [0.1, 0.15) is 13.8 Å². The minimum atomic E-state index is -1.03. The number of benzene rings is 4. The zero-order valence-corrected chi connectivity index (χ0v) is 25.6. The molecule has 2 heterocycles. The molecule has 46 heavy (non-hydrogen) atoms. The van der Waals surface area contributed by atoms with Crippen LogP contribution >= 0.6 is 23.2 Å². The fraction of sp³-hybridized carbons (Fsp3) is 0.125. The van der Waals surface area contributed by atoms with Crippen LogP contribution in [0, 0.1) is 0 Å². The maximum absolute atomic E-state index is 10.7. The second kappa shape index (κ2) is 14.1. The zero-order chi connectivity index (χ0) is 32.8. The molecule has 0 aliphatic rings. The highest BCUT2D eigenvalue weighted by molar-refractivity contribution is 6.31. The summed E-state index contributed by atoms with van der Waals surface area (Å²) in [6.45, 7) is 2.91. The Kier molecular flexibility index (Phi) is 9.79. The average molecular weight is 667 g/mol. The second-order valence-corrected chi connectivity index (χ2v) is 10.4. The SMILES string of the molecule is CC(Oc1ccc(Oc2nc3ccc(Cl)cc3o2)cc1)C(=O)O.C[C@@H](Oc1ccc(Oc2nc3ccc(Cl)cc3o2)cc1)C(=O)O. The van der Waals surface area contributed by atoms with E-state index in [9.17, 15) is 9.59 Å². The van der Waals surface area contributed by atoms with Crippen LogP contribution < -0.4 is 18.9 Å². The van der Waals surface area contributed by atoms with Gasteiger partial charge in [0.1, 0.15) is 34.0 Å². The van der Waals surface area contributed by atoms with Gasteiger partial charge < -0.3 is 38.0 Å². The van der Waals surface area contributed by atoms with Gasteiger partial charge in [0.15, 0.2) is 23.4 Å². The molecule has 2 aromatic heterocycles. The van der Waals surface area contributed by atoms with Crippen LogP contribution in [0.15, 0.2) is 93.8 Å². The van der Waals surface area contributed by atoms with Gasteiger partial charge in [-0.05, 0) is 86.6 Å². The number of oxazole rings is 2. The van der Waals surface area contributed by atoms with Crippen LogP contribution in [0.4, 0.5) is 0 Å². The first-order valence-electron chi connectivity index (χ1n) is 13.5.